The number of rotatable bonds is 2. The highest BCUT2D eigenvalue weighted by atomic mass is 19.4. The number of nitrogen functional groups attached to an aromatic ring is 1. The van der Waals surface area contributed by atoms with Gasteiger partial charge in [-0.15, -0.1) is 0 Å². The lowest BCUT2D eigenvalue weighted by molar-refractivity contribution is -0.147. The SMILES string of the molecule is Nc1cc(C2CCN(CC(F)(F)F)CC2)[nH]n1. The molecule has 0 radical (unpaired) electrons. The molecule has 3 N–H and O–H groups in total. The summed E-state index contributed by atoms with van der Waals surface area (Å²) in [6.45, 7) is 0.108. The number of nitrogens with one attached hydrogen (secondary N) is 1. The third-order valence-electron chi connectivity index (χ3n) is 3.05. The van der Waals surface area contributed by atoms with Crippen molar-refractivity contribution in [3.05, 3.63) is 11.8 Å². The van der Waals surface area contributed by atoms with Crippen molar-refractivity contribution in [3.8, 4) is 0 Å². The first-order valence-electron chi connectivity index (χ1n) is 5.54. The number of nitrogens with zero attached hydrogens (tertiary/aromatic N) is 2. The Hall–Kier alpha value is -1.24. The first-order chi connectivity index (χ1) is 7.94. The number of nitrogens with two attached hydrogens (primary N) is 1. The molecule has 0 atom stereocenters. The van der Waals surface area contributed by atoms with Crippen LogP contribution in [0.15, 0.2) is 6.07 Å². The number of aromatic amines is 1. The van der Waals surface area contributed by atoms with E-state index < -0.39 is 12.7 Å². The minimum atomic E-state index is -4.11. The Morgan fingerprint density at radius 3 is 2.53 bits per heavy atom. The second kappa shape index (κ2) is 4.56. The number of anilines is 1. The van der Waals surface area contributed by atoms with Crippen LogP contribution >= 0.6 is 0 Å². The quantitative estimate of drug-likeness (QED) is 0.838. The highest BCUT2D eigenvalue weighted by Gasteiger charge is 2.32. The summed E-state index contributed by atoms with van der Waals surface area (Å²) in [6, 6.07) is 1.75. The molecule has 96 valence electrons. The van der Waals surface area contributed by atoms with Crippen LogP contribution in [0.2, 0.25) is 0 Å². The van der Waals surface area contributed by atoms with Crippen LogP contribution in [0.5, 0.6) is 0 Å². The maximum atomic E-state index is 12.2. The summed E-state index contributed by atoms with van der Waals surface area (Å²) in [7, 11) is 0. The molecule has 1 fully saturated rings. The fourth-order valence-electron chi connectivity index (χ4n) is 2.22. The maximum absolute atomic E-state index is 12.2. The molecular formula is C10H15F3N4. The molecule has 0 bridgehead atoms. The van der Waals surface area contributed by atoms with Crippen LogP contribution in [-0.2, 0) is 0 Å². The number of likely N-dealkylation sites (tertiary alicyclic amines) is 1. The zero-order valence-corrected chi connectivity index (χ0v) is 9.30. The van der Waals surface area contributed by atoms with E-state index in [-0.39, 0.29) is 5.92 Å². The van der Waals surface area contributed by atoms with Gasteiger partial charge in [0.15, 0.2) is 0 Å². The molecular weight excluding hydrogens is 233 g/mol. The van der Waals surface area contributed by atoms with Gasteiger partial charge in [-0.3, -0.25) is 10.00 Å². The monoisotopic (exact) mass is 248 g/mol. The predicted octanol–water partition coefficient (Wildman–Crippen LogP) is 1.73. The van der Waals surface area contributed by atoms with E-state index in [9.17, 15) is 13.2 Å². The molecule has 2 heterocycles. The Labute approximate surface area is 97.0 Å². The average molecular weight is 248 g/mol. The van der Waals surface area contributed by atoms with Gasteiger partial charge in [-0.2, -0.15) is 18.3 Å². The molecule has 0 aromatic carbocycles. The smallest absolute Gasteiger partial charge is 0.382 e. The Kier molecular flexibility index (Phi) is 3.28. The summed E-state index contributed by atoms with van der Waals surface area (Å²) in [5, 5.41) is 6.65. The first kappa shape index (κ1) is 12.2. The molecule has 1 saturated heterocycles. The Morgan fingerprint density at radius 1 is 1.41 bits per heavy atom. The minimum absolute atomic E-state index is 0.240. The third-order valence-corrected chi connectivity index (χ3v) is 3.05. The number of piperidine rings is 1. The fourth-order valence-corrected chi connectivity index (χ4v) is 2.22. The summed E-state index contributed by atoms with van der Waals surface area (Å²) in [4.78, 5) is 1.44. The van der Waals surface area contributed by atoms with Crippen molar-refractivity contribution in [2.45, 2.75) is 24.9 Å². The average Bonchev–Trinajstić information content (AvgIpc) is 2.63. The van der Waals surface area contributed by atoms with Crippen LogP contribution in [0.4, 0.5) is 19.0 Å². The predicted molar refractivity (Wildman–Crippen MR) is 57.5 cm³/mol. The minimum Gasteiger partial charge on any atom is -0.382 e. The summed E-state index contributed by atoms with van der Waals surface area (Å²) in [5.41, 5.74) is 6.42. The van der Waals surface area contributed by atoms with Gasteiger partial charge in [-0.05, 0) is 25.9 Å². The largest absolute Gasteiger partial charge is 0.401 e. The lowest BCUT2D eigenvalue weighted by atomic mass is 9.93. The Morgan fingerprint density at radius 2 is 2.06 bits per heavy atom. The van der Waals surface area contributed by atoms with Crippen molar-refractivity contribution >= 4 is 5.82 Å². The molecule has 0 unspecified atom stereocenters. The van der Waals surface area contributed by atoms with Gasteiger partial charge in [0.25, 0.3) is 0 Å². The summed E-state index contributed by atoms with van der Waals surface area (Å²) in [5.74, 6) is 0.669. The van der Waals surface area contributed by atoms with E-state index in [1.54, 1.807) is 6.07 Å². The summed E-state index contributed by atoms with van der Waals surface area (Å²) in [6.07, 6.45) is -2.69. The zero-order chi connectivity index (χ0) is 12.5. The summed E-state index contributed by atoms with van der Waals surface area (Å²) < 4.78 is 36.6. The van der Waals surface area contributed by atoms with Crippen LogP contribution in [0.1, 0.15) is 24.5 Å². The van der Waals surface area contributed by atoms with Gasteiger partial charge in [-0.25, -0.2) is 0 Å². The van der Waals surface area contributed by atoms with E-state index in [0.29, 0.717) is 31.7 Å². The van der Waals surface area contributed by atoms with Crippen LogP contribution in [-0.4, -0.2) is 40.9 Å². The van der Waals surface area contributed by atoms with Crippen LogP contribution < -0.4 is 5.73 Å². The normalized spacial score (nSPS) is 19.7. The van der Waals surface area contributed by atoms with Crippen LogP contribution in [0.25, 0.3) is 0 Å². The maximum Gasteiger partial charge on any atom is 0.401 e. The topological polar surface area (TPSA) is 57.9 Å². The molecule has 0 aliphatic carbocycles. The Balaban J connectivity index is 1.86. The molecule has 17 heavy (non-hydrogen) atoms. The molecule has 0 saturated carbocycles. The van der Waals surface area contributed by atoms with E-state index in [1.807, 2.05) is 0 Å². The van der Waals surface area contributed by atoms with Crippen molar-refractivity contribution in [1.29, 1.82) is 0 Å². The van der Waals surface area contributed by atoms with Crippen molar-refractivity contribution in [3.63, 3.8) is 0 Å². The number of H-pyrrole nitrogens is 1. The highest BCUT2D eigenvalue weighted by Crippen LogP contribution is 2.28. The second-order valence-electron chi connectivity index (χ2n) is 4.41. The molecule has 1 aliphatic heterocycles. The number of halogens is 3. The highest BCUT2D eigenvalue weighted by molar-refractivity contribution is 5.30. The third kappa shape index (κ3) is 3.36. The van der Waals surface area contributed by atoms with Gasteiger partial charge >= 0.3 is 6.18 Å². The van der Waals surface area contributed by atoms with E-state index in [4.69, 9.17) is 5.73 Å². The summed E-state index contributed by atoms with van der Waals surface area (Å²) >= 11 is 0. The second-order valence-corrected chi connectivity index (χ2v) is 4.41. The van der Waals surface area contributed by atoms with Gasteiger partial charge in [-0.1, -0.05) is 0 Å². The standard InChI is InChI=1S/C10H15F3N4/c11-10(12,13)6-17-3-1-7(2-4-17)8-5-9(14)16-15-8/h5,7H,1-4,6H2,(H3,14,15,16). The van der Waals surface area contributed by atoms with Crippen molar-refractivity contribution in [2.75, 3.05) is 25.4 Å². The lowest BCUT2D eigenvalue weighted by Gasteiger charge is -2.31. The van der Waals surface area contributed by atoms with Gasteiger partial charge in [0, 0.05) is 17.7 Å². The van der Waals surface area contributed by atoms with Gasteiger partial charge < -0.3 is 5.73 Å². The van der Waals surface area contributed by atoms with Crippen LogP contribution in [0.3, 0.4) is 0 Å². The molecule has 1 aromatic heterocycles. The molecule has 2 rings (SSSR count). The Bertz CT molecular complexity index is 366. The number of aromatic nitrogens is 2. The molecule has 0 amide bonds. The van der Waals surface area contributed by atoms with Crippen molar-refractivity contribution in [1.82, 2.24) is 15.1 Å². The number of hydrogen-bond donors (Lipinski definition) is 2. The number of hydrogen-bond acceptors (Lipinski definition) is 3. The van der Waals surface area contributed by atoms with E-state index in [0.717, 1.165) is 5.69 Å². The lowest BCUT2D eigenvalue weighted by Crippen LogP contribution is -2.39. The van der Waals surface area contributed by atoms with Crippen molar-refractivity contribution in [2.24, 2.45) is 0 Å². The fraction of sp³-hybridized carbons (Fsp3) is 0.700. The van der Waals surface area contributed by atoms with Gasteiger partial charge in [0.1, 0.15) is 5.82 Å². The first-order valence-corrected chi connectivity index (χ1v) is 5.54. The van der Waals surface area contributed by atoms with Crippen LogP contribution in [0, 0.1) is 0 Å². The molecule has 1 aliphatic rings. The van der Waals surface area contributed by atoms with Gasteiger partial charge in [0.2, 0.25) is 0 Å². The van der Waals surface area contributed by atoms with E-state index in [2.05, 4.69) is 10.2 Å². The molecule has 0 spiro atoms. The number of alkyl halides is 3. The van der Waals surface area contributed by atoms with Crippen molar-refractivity contribution < 1.29 is 13.2 Å². The molecule has 1 aromatic rings. The van der Waals surface area contributed by atoms with E-state index in [1.165, 1.54) is 4.90 Å². The van der Waals surface area contributed by atoms with Gasteiger partial charge in [0.05, 0.1) is 6.54 Å². The molecule has 4 nitrogen and oxygen atoms in total. The van der Waals surface area contributed by atoms with E-state index >= 15 is 0 Å². The molecule has 7 heteroatoms. The zero-order valence-electron chi connectivity index (χ0n) is 9.30.